The highest BCUT2D eigenvalue weighted by atomic mass is 19.4. The van der Waals surface area contributed by atoms with Crippen LogP contribution in [0.1, 0.15) is 30.0 Å². The number of pyridine rings is 1. The summed E-state index contributed by atoms with van der Waals surface area (Å²) in [6, 6.07) is 6.29. The maximum atomic E-state index is 14.8. The Bertz CT molecular complexity index is 1320. The Hall–Kier alpha value is -3.89. The second kappa shape index (κ2) is 7.36. The first-order valence-electron chi connectivity index (χ1n) is 9.70. The number of nitrogens with two attached hydrogens (primary N) is 1. The van der Waals surface area contributed by atoms with Gasteiger partial charge in [0.15, 0.2) is 17.3 Å². The molecule has 11 heteroatoms. The summed E-state index contributed by atoms with van der Waals surface area (Å²) in [5, 5.41) is 3.42. The molecule has 0 saturated heterocycles. The second-order valence-corrected chi connectivity index (χ2v) is 7.42. The number of nitrogen functional groups attached to an aromatic ring is 1. The van der Waals surface area contributed by atoms with Gasteiger partial charge < -0.3 is 20.8 Å². The van der Waals surface area contributed by atoms with E-state index in [1.165, 1.54) is 12.1 Å². The van der Waals surface area contributed by atoms with Gasteiger partial charge in [-0.2, -0.15) is 18.2 Å². The first-order valence-corrected chi connectivity index (χ1v) is 9.70. The van der Waals surface area contributed by atoms with Crippen LogP contribution >= 0.6 is 0 Å². The minimum absolute atomic E-state index is 0.0378. The predicted molar refractivity (Wildman–Crippen MR) is 109 cm³/mol. The van der Waals surface area contributed by atoms with Crippen molar-refractivity contribution in [1.82, 2.24) is 19.9 Å². The molecule has 3 aromatic heterocycles. The van der Waals surface area contributed by atoms with E-state index in [1.807, 2.05) is 6.20 Å². The summed E-state index contributed by atoms with van der Waals surface area (Å²) in [5.41, 5.74) is 6.07. The number of aromatic amines is 1. The molecule has 3 heterocycles. The monoisotopic (exact) mass is 444 g/mol. The van der Waals surface area contributed by atoms with Gasteiger partial charge in [0.25, 0.3) is 0 Å². The third kappa shape index (κ3) is 3.88. The van der Waals surface area contributed by atoms with Gasteiger partial charge in [0.2, 0.25) is 5.95 Å². The lowest BCUT2D eigenvalue weighted by atomic mass is 10.1. The maximum absolute atomic E-state index is 14.8. The SMILES string of the molecule is Nc1nc(Nc2ccc(Oc3ccnc4[nH]cc(C5CC5)c34)c(F)c2)cc(C(F)(F)F)n1. The molecule has 0 radical (unpaired) electrons. The molecule has 5 rings (SSSR count). The van der Waals surface area contributed by atoms with Crippen LogP contribution in [0.2, 0.25) is 0 Å². The van der Waals surface area contributed by atoms with E-state index in [4.69, 9.17) is 10.5 Å². The van der Waals surface area contributed by atoms with Crippen LogP contribution in [0.5, 0.6) is 11.5 Å². The second-order valence-electron chi connectivity index (χ2n) is 7.42. The number of nitrogens with one attached hydrogen (secondary N) is 2. The van der Waals surface area contributed by atoms with Crippen molar-refractivity contribution in [2.75, 3.05) is 11.1 Å². The first kappa shape index (κ1) is 20.0. The molecule has 1 aliphatic carbocycles. The van der Waals surface area contributed by atoms with E-state index >= 15 is 0 Å². The Balaban J connectivity index is 1.41. The number of halogens is 4. The average Bonchev–Trinajstić information content (AvgIpc) is 3.48. The van der Waals surface area contributed by atoms with Gasteiger partial charge in [-0.1, -0.05) is 0 Å². The fourth-order valence-electron chi connectivity index (χ4n) is 3.45. The third-order valence-corrected chi connectivity index (χ3v) is 5.04. The Kier molecular flexibility index (Phi) is 4.61. The molecule has 1 fully saturated rings. The van der Waals surface area contributed by atoms with Crippen molar-refractivity contribution in [2.24, 2.45) is 0 Å². The topological polar surface area (TPSA) is 102 Å². The lowest BCUT2D eigenvalue weighted by molar-refractivity contribution is -0.141. The van der Waals surface area contributed by atoms with Crippen molar-refractivity contribution < 1.29 is 22.3 Å². The van der Waals surface area contributed by atoms with E-state index in [-0.39, 0.29) is 17.3 Å². The summed E-state index contributed by atoms with van der Waals surface area (Å²) in [7, 11) is 0. The summed E-state index contributed by atoms with van der Waals surface area (Å²) in [5.74, 6) is -0.604. The van der Waals surface area contributed by atoms with E-state index in [1.54, 1.807) is 12.3 Å². The van der Waals surface area contributed by atoms with E-state index in [0.29, 0.717) is 23.4 Å². The summed E-state index contributed by atoms with van der Waals surface area (Å²) >= 11 is 0. The molecule has 1 aliphatic rings. The number of alkyl halides is 3. The van der Waals surface area contributed by atoms with Crippen LogP contribution in [-0.2, 0) is 6.18 Å². The molecule has 4 N–H and O–H groups in total. The minimum atomic E-state index is -4.69. The Morgan fingerprint density at radius 1 is 1.09 bits per heavy atom. The maximum Gasteiger partial charge on any atom is 0.433 e. The molecule has 4 aromatic rings. The third-order valence-electron chi connectivity index (χ3n) is 5.04. The van der Waals surface area contributed by atoms with E-state index in [9.17, 15) is 17.6 Å². The molecular formula is C21H16F4N6O. The van der Waals surface area contributed by atoms with Crippen molar-refractivity contribution in [3.63, 3.8) is 0 Å². The smallest absolute Gasteiger partial charge is 0.433 e. The number of hydrogen-bond acceptors (Lipinski definition) is 6. The number of fused-ring (bicyclic) bond motifs is 1. The van der Waals surface area contributed by atoms with Crippen molar-refractivity contribution in [3.05, 3.63) is 59.8 Å². The highest BCUT2D eigenvalue weighted by molar-refractivity contribution is 5.87. The molecule has 164 valence electrons. The number of aromatic nitrogens is 4. The van der Waals surface area contributed by atoms with Gasteiger partial charge in [0, 0.05) is 30.2 Å². The molecule has 1 aromatic carbocycles. The zero-order valence-corrected chi connectivity index (χ0v) is 16.4. The van der Waals surface area contributed by atoms with Crippen LogP contribution in [0.3, 0.4) is 0 Å². The van der Waals surface area contributed by atoms with Gasteiger partial charge >= 0.3 is 6.18 Å². The molecular weight excluding hydrogens is 428 g/mol. The fraction of sp³-hybridized carbons (Fsp3) is 0.190. The van der Waals surface area contributed by atoms with Gasteiger partial charge in [-0.25, -0.2) is 14.4 Å². The van der Waals surface area contributed by atoms with Crippen LogP contribution in [0.15, 0.2) is 42.7 Å². The van der Waals surface area contributed by atoms with Crippen LogP contribution in [-0.4, -0.2) is 19.9 Å². The normalized spacial score (nSPS) is 14.0. The van der Waals surface area contributed by atoms with E-state index in [2.05, 4.69) is 25.3 Å². The molecule has 1 saturated carbocycles. The number of anilines is 3. The molecule has 0 atom stereocenters. The zero-order chi connectivity index (χ0) is 22.5. The largest absolute Gasteiger partial charge is 0.453 e. The highest BCUT2D eigenvalue weighted by Gasteiger charge is 2.33. The standard InChI is InChI=1S/C21H16F4N6O/c22-13-7-11(29-17-8-16(21(23,24)25)30-20(26)31-17)3-4-14(13)32-15-5-6-27-19-18(15)12(9-28-19)10-1-2-10/h3-10H,1-2H2,(H,27,28)(H3,26,29,30,31). The highest BCUT2D eigenvalue weighted by Crippen LogP contribution is 2.46. The number of hydrogen-bond donors (Lipinski definition) is 3. The Labute approximate surface area is 178 Å². The predicted octanol–water partition coefficient (Wildman–Crippen LogP) is 5.51. The molecule has 0 amide bonds. The van der Waals surface area contributed by atoms with E-state index < -0.39 is 23.6 Å². The van der Waals surface area contributed by atoms with Crippen molar-refractivity contribution in [2.45, 2.75) is 24.9 Å². The summed E-state index contributed by atoms with van der Waals surface area (Å²) < 4.78 is 59.4. The molecule has 32 heavy (non-hydrogen) atoms. The number of nitrogens with zero attached hydrogens (tertiary/aromatic N) is 3. The molecule has 0 unspecified atom stereocenters. The lowest BCUT2D eigenvalue weighted by Crippen LogP contribution is -2.12. The number of rotatable bonds is 5. The number of H-pyrrole nitrogens is 1. The lowest BCUT2D eigenvalue weighted by Gasteiger charge is -2.12. The summed E-state index contributed by atoms with van der Waals surface area (Å²) in [6.07, 6.45) is 0.938. The van der Waals surface area contributed by atoms with Crippen LogP contribution in [0.25, 0.3) is 11.0 Å². The van der Waals surface area contributed by atoms with Gasteiger partial charge in [-0.15, -0.1) is 0 Å². The molecule has 0 spiro atoms. The van der Waals surface area contributed by atoms with E-state index in [0.717, 1.165) is 29.9 Å². The number of benzene rings is 1. The van der Waals surface area contributed by atoms with Crippen molar-refractivity contribution in [3.8, 4) is 11.5 Å². The van der Waals surface area contributed by atoms with Gasteiger partial charge in [0.05, 0.1) is 5.39 Å². The fourth-order valence-corrected chi connectivity index (χ4v) is 3.45. The molecule has 7 nitrogen and oxygen atoms in total. The quantitative estimate of drug-likeness (QED) is 0.351. The summed E-state index contributed by atoms with van der Waals surface area (Å²) in [4.78, 5) is 14.3. The van der Waals surface area contributed by atoms with Crippen molar-refractivity contribution >= 4 is 28.5 Å². The van der Waals surface area contributed by atoms with Gasteiger partial charge in [0.1, 0.15) is 17.2 Å². The Morgan fingerprint density at radius 2 is 1.91 bits per heavy atom. The summed E-state index contributed by atoms with van der Waals surface area (Å²) in [6.45, 7) is 0. The molecule has 0 bridgehead atoms. The minimum Gasteiger partial charge on any atom is -0.453 e. The van der Waals surface area contributed by atoms with Gasteiger partial charge in [-0.3, -0.25) is 0 Å². The first-order chi connectivity index (χ1) is 15.3. The van der Waals surface area contributed by atoms with Crippen LogP contribution in [0.4, 0.5) is 35.0 Å². The van der Waals surface area contributed by atoms with Crippen LogP contribution < -0.4 is 15.8 Å². The number of ether oxygens (including phenoxy) is 1. The molecule has 0 aliphatic heterocycles. The Morgan fingerprint density at radius 3 is 2.62 bits per heavy atom. The average molecular weight is 444 g/mol. The van der Waals surface area contributed by atoms with Gasteiger partial charge in [-0.05, 0) is 42.5 Å². The van der Waals surface area contributed by atoms with Crippen molar-refractivity contribution in [1.29, 1.82) is 0 Å². The zero-order valence-electron chi connectivity index (χ0n) is 16.4. The van der Waals surface area contributed by atoms with Crippen LogP contribution in [0, 0.1) is 5.82 Å².